The van der Waals surface area contributed by atoms with E-state index < -0.39 is 0 Å². The van der Waals surface area contributed by atoms with E-state index in [-0.39, 0.29) is 48.4 Å². The molecule has 146 valence electrons. The van der Waals surface area contributed by atoms with Crippen molar-refractivity contribution in [2.24, 2.45) is 11.8 Å². The van der Waals surface area contributed by atoms with E-state index in [1.807, 2.05) is 12.2 Å². The number of hydrogen-bond donors (Lipinski definition) is 2. The zero-order valence-corrected chi connectivity index (χ0v) is 15.5. The lowest BCUT2D eigenvalue weighted by molar-refractivity contribution is -0.140. The number of para-hydroxylation sites is 1. The third-order valence-corrected chi connectivity index (χ3v) is 5.01. The van der Waals surface area contributed by atoms with Crippen LogP contribution in [0.4, 0.5) is 5.69 Å². The summed E-state index contributed by atoms with van der Waals surface area (Å²) in [4.78, 5) is 50.6. The van der Waals surface area contributed by atoms with Gasteiger partial charge < -0.3 is 10.6 Å². The van der Waals surface area contributed by atoms with Crippen molar-refractivity contribution in [1.82, 2.24) is 10.2 Å². The SMILES string of the molecule is C=CCNC(=O)c1ccccc1NC(=O)CCN1C(=O)C2CC=CCC2C1=O. The topological polar surface area (TPSA) is 95.6 Å². The number of nitrogens with zero attached hydrogens (tertiary/aromatic N) is 1. The van der Waals surface area contributed by atoms with Crippen LogP contribution in [0, 0.1) is 11.8 Å². The summed E-state index contributed by atoms with van der Waals surface area (Å²) < 4.78 is 0. The Hall–Kier alpha value is -3.22. The second-order valence-corrected chi connectivity index (χ2v) is 6.83. The van der Waals surface area contributed by atoms with Gasteiger partial charge in [0.05, 0.1) is 23.1 Å². The molecule has 1 saturated heterocycles. The number of likely N-dealkylation sites (tertiary alicyclic amines) is 1. The van der Waals surface area contributed by atoms with Gasteiger partial charge >= 0.3 is 0 Å². The maximum atomic E-state index is 12.4. The highest BCUT2D eigenvalue weighted by Crippen LogP contribution is 2.35. The minimum Gasteiger partial charge on any atom is -0.349 e. The van der Waals surface area contributed by atoms with Crippen LogP contribution in [0.1, 0.15) is 29.6 Å². The third-order valence-electron chi connectivity index (χ3n) is 5.01. The smallest absolute Gasteiger partial charge is 0.253 e. The minimum absolute atomic E-state index is 0.0209. The molecule has 1 heterocycles. The van der Waals surface area contributed by atoms with Gasteiger partial charge in [0, 0.05) is 19.5 Å². The first kappa shape index (κ1) is 19.5. The van der Waals surface area contributed by atoms with Crippen molar-refractivity contribution in [3.05, 3.63) is 54.6 Å². The van der Waals surface area contributed by atoms with Crippen molar-refractivity contribution in [3.63, 3.8) is 0 Å². The molecule has 2 N–H and O–H groups in total. The molecular weight excluding hydrogens is 358 g/mol. The summed E-state index contributed by atoms with van der Waals surface area (Å²) in [5.74, 6) is -1.67. The maximum Gasteiger partial charge on any atom is 0.253 e. The summed E-state index contributed by atoms with van der Waals surface area (Å²) in [5.41, 5.74) is 0.717. The van der Waals surface area contributed by atoms with E-state index in [1.54, 1.807) is 30.3 Å². The molecule has 4 amide bonds. The van der Waals surface area contributed by atoms with Crippen molar-refractivity contribution in [2.45, 2.75) is 19.3 Å². The molecule has 7 nitrogen and oxygen atoms in total. The van der Waals surface area contributed by atoms with E-state index in [0.29, 0.717) is 30.6 Å². The molecule has 1 aliphatic heterocycles. The Bertz CT molecular complexity index is 820. The second kappa shape index (κ2) is 8.65. The van der Waals surface area contributed by atoms with Gasteiger partial charge in [-0.25, -0.2) is 0 Å². The van der Waals surface area contributed by atoms with Crippen molar-refractivity contribution in [3.8, 4) is 0 Å². The highest BCUT2D eigenvalue weighted by atomic mass is 16.2. The number of anilines is 1. The van der Waals surface area contributed by atoms with Crippen LogP contribution in [-0.4, -0.2) is 41.6 Å². The summed E-state index contributed by atoms with van der Waals surface area (Å²) >= 11 is 0. The first-order chi connectivity index (χ1) is 13.5. The van der Waals surface area contributed by atoms with E-state index >= 15 is 0 Å². The molecule has 28 heavy (non-hydrogen) atoms. The lowest BCUT2D eigenvalue weighted by atomic mass is 9.85. The number of hydrogen-bond acceptors (Lipinski definition) is 4. The number of allylic oxidation sites excluding steroid dienone is 2. The fourth-order valence-electron chi connectivity index (χ4n) is 3.57. The van der Waals surface area contributed by atoms with Crippen molar-refractivity contribution in [1.29, 1.82) is 0 Å². The van der Waals surface area contributed by atoms with E-state index in [9.17, 15) is 19.2 Å². The van der Waals surface area contributed by atoms with E-state index in [1.165, 1.54) is 4.90 Å². The Morgan fingerprint density at radius 2 is 1.75 bits per heavy atom. The predicted octanol–water partition coefficient (Wildman–Crippen LogP) is 1.88. The largest absolute Gasteiger partial charge is 0.349 e. The summed E-state index contributed by atoms with van der Waals surface area (Å²) in [5, 5.41) is 5.36. The quantitative estimate of drug-likeness (QED) is 0.557. The van der Waals surface area contributed by atoms with Crippen molar-refractivity contribution < 1.29 is 19.2 Å². The van der Waals surface area contributed by atoms with Gasteiger partial charge in [0.15, 0.2) is 0 Å². The summed E-state index contributed by atoms with van der Waals surface area (Å²) in [6.45, 7) is 3.91. The second-order valence-electron chi connectivity index (χ2n) is 6.83. The lowest BCUT2D eigenvalue weighted by Gasteiger charge is -2.15. The van der Waals surface area contributed by atoms with Crippen LogP contribution >= 0.6 is 0 Å². The predicted molar refractivity (Wildman–Crippen MR) is 104 cm³/mol. The molecule has 2 aliphatic rings. The van der Waals surface area contributed by atoms with Crippen molar-refractivity contribution in [2.75, 3.05) is 18.4 Å². The van der Waals surface area contributed by atoms with Crippen LogP contribution in [-0.2, 0) is 14.4 Å². The standard InChI is InChI=1S/C21H23N3O4/c1-2-12-22-19(26)16-9-5-6-10-17(16)23-18(25)11-13-24-20(27)14-7-3-4-8-15(14)21(24)28/h2-6,9-10,14-15H,1,7-8,11-13H2,(H,22,26)(H,23,25). The average molecular weight is 381 g/mol. The Kier molecular flexibility index (Phi) is 6.03. The summed E-state index contributed by atoms with van der Waals surface area (Å²) in [6, 6.07) is 6.66. The molecule has 2 unspecified atom stereocenters. The third kappa shape index (κ3) is 4.03. The molecule has 0 spiro atoms. The molecule has 0 aromatic heterocycles. The minimum atomic E-state index is -0.363. The van der Waals surface area contributed by atoms with Crippen molar-refractivity contribution >= 4 is 29.3 Å². The van der Waals surface area contributed by atoms with Gasteiger partial charge in [0.1, 0.15) is 0 Å². The number of fused-ring (bicyclic) bond motifs is 1. The van der Waals surface area contributed by atoms with Crippen LogP contribution in [0.15, 0.2) is 49.1 Å². The Balaban J connectivity index is 1.60. The Morgan fingerprint density at radius 1 is 1.11 bits per heavy atom. The van der Waals surface area contributed by atoms with Crippen LogP contribution in [0.2, 0.25) is 0 Å². The number of benzene rings is 1. The molecule has 3 rings (SSSR count). The van der Waals surface area contributed by atoms with E-state index in [2.05, 4.69) is 17.2 Å². The number of carbonyl (C=O) groups is 4. The van der Waals surface area contributed by atoms with Gasteiger partial charge in [0.2, 0.25) is 17.7 Å². The number of amides is 4. The van der Waals surface area contributed by atoms with E-state index in [4.69, 9.17) is 0 Å². The monoisotopic (exact) mass is 381 g/mol. The number of rotatable bonds is 7. The molecule has 2 atom stereocenters. The molecule has 7 heteroatoms. The summed E-state index contributed by atoms with van der Waals surface area (Å²) in [6.07, 6.45) is 6.55. The molecule has 0 bridgehead atoms. The number of imide groups is 1. The zero-order chi connectivity index (χ0) is 20.1. The van der Waals surface area contributed by atoms with Crippen LogP contribution in [0.25, 0.3) is 0 Å². The normalized spacial score (nSPS) is 20.6. The lowest BCUT2D eigenvalue weighted by Crippen LogP contribution is -2.34. The fraction of sp³-hybridized carbons (Fsp3) is 0.333. The van der Waals surface area contributed by atoms with Gasteiger partial charge in [-0.15, -0.1) is 6.58 Å². The van der Waals surface area contributed by atoms with Gasteiger partial charge in [0.25, 0.3) is 5.91 Å². The molecule has 1 aromatic rings. The number of nitrogens with one attached hydrogen (secondary N) is 2. The number of carbonyl (C=O) groups excluding carboxylic acids is 4. The first-order valence-corrected chi connectivity index (χ1v) is 9.31. The van der Waals surface area contributed by atoms with Crippen LogP contribution in [0.3, 0.4) is 0 Å². The highest BCUT2D eigenvalue weighted by molar-refractivity contribution is 6.06. The van der Waals surface area contributed by atoms with Crippen LogP contribution < -0.4 is 10.6 Å². The molecule has 1 fully saturated rings. The fourth-order valence-corrected chi connectivity index (χ4v) is 3.57. The molecule has 1 aliphatic carbocycles. The first-order valence-electron chi connectivity index (χ1n) is 9.31. The molecular formula is C21H23N3O4. The maximum absolute atomic E-state index is 12.4. The zero-order valence-electron chi connectivity index (χ0n) is 15.5. The molecule has 0 saturated carbocycles. The highest BCUT2D eigenvalue weighted by Gasteiger charge is 2.46. The van der Waals surface area contributed by atoms with Gasteiger partial charge in [-0.05, 0) is 25.0 Å². The van der Waals surface area contributed by atoms with Gasteiger partial charge in [-0.1, -0.05) is 30.4 Å². The Morgan fingerprint density at radius 3 is 2.39 bits per heavy atom. The molecule has 1 aromatic carbocycles. The van der Waals surface area contributed by atoms with Gasteiger partial charge in [-0.3, -0.25) is 24.1 Å². The van der Waals surface area contributed by atoms with E-state index in [0.717, 1.165) is 0 Å². The van der Waals surface area contributed by atoms with Crippen LogP contribution in [0.5, 0.6) is 0 Å². The van der Waals surface area contributed by atoms with Gasteiger partial charge in [-0.2, -0.15) is 0 Å². The Labute approximate surface area is 163 Å². The average Bonchev–Trinajstić information content (AvgIpc) is 2.95. The summed E-state index contributed by atoms with van der Waals surface area (Å²) in [7, 11) is 0. The molecule has 0 radical (unpaired) electrons.